The maximum atomic E-state index is 12.2. The molecule has 0 unspecified atom stereocenters. The molecule has 1 heterocycles. The number of nitrogens with zero attached hydrogens (tertiary/aromatic N) is 1. The lowest BCUT2D eigenvalue weighted by Crippen LogP contribution is -2.26. The molecule has 2 N–H and O–H groups in total. The number of carbonyl (C=O) groups excluding carboxylic acids is 1. The fraction of sp³-hybridized carbons (Fsp3) is 0.333. The highest BCUT2D eigenvalue weighted by Gasteiger charge is 2.24. The van der Waals surface area contributed by atoms with Gasteiger partial charge in [0.05, 0.1) is 12.1 Å². The number of anilines is 1. The predicted octanol–water partition coefficient (Wildman–Crippen LogP) is 2.96. The fourth-order valence-electron chi connectivity index (χ4n) is 1.98. The summed E-state index contributed by atoms with van der Waals surface area (Å²) in [5, 5.41) is 7.35. The van der Waals surface area contributed by atoms with Gasteiger partial charge in [-0.25, -0.2) is 4.98 Å². The number of aryl methyl sites for hydroxylation is 1. The summed E-state index contributed by atoms with van der Waals surface area (Å²) in [5.74, 6) is 0.00548. The van der Waals surface area contributed by atoms with E-state index in [0.717, 1.165) is 23.5 Å². The molecule has 1 saturated carbocycles. The molecule has 1 aromatic carbocycles. The largest absolute Gasteiger partial charge is 0.378 e. The van der Waals surface area contributed by atoms with E-state index in [2.05, 4.69) is 15.6 Å². The molecule has 20 heavy (non-hydrogen) atoms. The van der Waals surface area contributed by atoms with Gasteiger partial charge in [0.2, 0.25) is 0 Å². The van der Waals surface area contributed by atoms with Crippen molar-refractivity contribution in [1.82, 2.24) is 10.3 Å². The SMILES string of the molecule is Cc1cnc(CNc2ccccc2C(=O)NC2CC2)s1. The molecule has 0 radical (unpaired) electrons. The van der Waals surface area contributed by atoms with Crippen LogP contribution in [0.5, 0.6) is 0 Å². The van der Waals surface area contributed by atoms with Gasteiger partial charge in [-0.2, -0.15) is 0 Å². The molecule has 1 aliphatic carbocycles. The number of carbonyl (C=O) groups is 1. The lowest BCUT2D eigenvalue weighted by atomic mass is 10.1. The summed E-state index contributed by atoms with van der Waals surface area (Å²) in [4.78, 5) is 17.7. The van der Waals surface area contributed by atoms with Crippen LogP contribution in [-0.4, -0.2) is 16.9 Å². The summed E-state index contributed by atoms with van der Waals surface area (Å²) in [7, 11) is 0. The predicted molar refractivity (Wildman–Crippen MR) is 81.1 cm³/mol. The average molecular weight is 287 g/mol. The second-order valence-corrected chi connectivity index (χ2v) is 6.33. The zero-order valence-electron chi connectivity index (χ0n) is 11.3. The fourth-order valence-corrected chi connectivity index (χ4v) is 2.71. The zero-order valence-corrected chi connectivity index (χ0v) is 12.2. The van der Waals surface area contributed by atoms with Gasteiger partial charge in [0.25, 0.3) is 5.91 Å². The molecule has 0 atom stereocenters. The highest BCUT2D eigenvalue weighted by atomic mass is 32.1. The first-order valence-electron chi connectivity index (χ1n) is 6.77. The Morgan fingerprint density at radius 2 is 2.20 bits per heavy atom. The number of benzene rings is 1. The van der Waals surface area contributed by atoms with Gasteiger partial charge in [-0.3, -0.25) is 4.79 Å². The maximum Gasteiger partial charge on any atom is 0.253 e. The number of amides is 1. The molecule has 1 aliphatic rings. The third-order valence-corrected chi connectivity index (χ3v) is 4.10. The van der Waals surface area contributed by atoms with Crippen molar-refractivity contribution in [3.63, 3.8) is 0 Å². The van der Waals surface area contributed by atoms with E-state index < -0.39 is 0 Å². The van der Waals surface area contributed by atoms with Crippen LogP contribution in [0.1, 0.15) is 33.1 Å². The molecule has 0 aliphatic heterocycles. The van der Waals surface area contributed by atoms with Crippen molar-refractivity contribution in [1.29, 1.82) is 0 Å². The molecule has 3 rings (SSSR count). The topological polar surface area (TPSA) is 54.0 Å². The monoisotopic (exact) mass is 287 g/mol. The molecule has 2 aromatic rings. The van der Waals surface area contributed by atoms with Gasteiger partial charge in [-0.1, -0.05) is 12.1 Å². The lowest BCUT2D eigenvalue weighted by Gasteiger charge is -2.11. The normalized spacial score (nSPS) is 14.1. The van der Waals surface area contributed by atoms with Crippen molar-refractivity contribution in [2.24, 2.45) is 0 Å². The first-order valence-corrected chi connectivity index (χ1v) is 7.59. The number of rotatable bonds is 5. The first-order chi connectivity index (χ1) is 9.72. The van der Waals surface area contributed by atoms with Crippen molar-refractivity contribution < 1.29 is 4.79 Å². The van der Waals surface area contributed by atoms with E-state index in [-0.39, 0.29) is 5.91 Å². The highest BCUT2D eigenvalue weighted by Crippen LogP contribution is 2.22. The van der Waals surface area contributed by atoms with Gasteiger partial charge in [0.1, 0.15) is 5.01 Å². The van der Waals surface area contributed by atoms with Gasteiger partial charge in [0.15, 0.2) is 0 Å². The van der Waals surface area contributed by atoms with Crippen LogP contribution < -0.4 is 10.6 Å². The summed E-state index contributed by atoms with van der Waals surface area (Å²) in [6.45, 7) is 2.68. The molecule has 0 bridgehead atoms. The molecule has 5 heteroatoms. The second-order valence-electron chi connectivity index (χ2n) is 5.01. The van der Waals surface area contributed by atoms with Crippen molar-refractivity contribution in [2.45, 2.75) is 32.4 Å². The minimum absolute atomic E-state index is 0.00548. The molecule has 4 nitrogen and oxygen atoms in total. The Kier molecular flexibility index (Phi) is 3.69. The summed E-state index contributed by atoms with van der Waals surface area (Å²) in [6, 6.07) is 7.98. The lowest BCUT2D eigenvalue weighted by molar-refractivity contribution is 0.0952. The number of para-hydroxylation sites is 1. The summed E-state index contributed by atoms with van der Waals surface area (Å²) < 4.78 is 0. The number of hydrogen-bond donors (Lipinski definition) is 2. The van der Waals surface area contributed by atoms with E-state index in [0.29, 0.717) is 18.2 Å². The van der Waals surface area contributed by atoms with Crippen molar-refractivity contribution in [2.75, 3.05) is 5.32 Å². The first kappa shape index (κ1) is 13.1. The molecular formula is C15H17N3OS. The highest BCUT2D eigenvalue weighted by molar-refractivity contribution is 7.11. The Morgan fingerprint density at radius 1 is 1.40 bits per heavy atom. The average Bonchev–Trinajstić information content (AvgIpc) is 3.17. The molecule has 0 spiro atoms. The summed E-state index contributed by atoms with van der Waals surface area (Å²) >= 11 is 1.67. The minimum Gasteiger partial charge on any atom is -0.378 e. The third-order valence-electron chi connectivity index (χ3n) is 3.18. The molecule has 1 aromatic heterocycles. The van der Waals surface area contributed by atoms with Crippen LogP contribution in [0.2, 0.25) is 0 Å². The molecule has 0 saturated heterocycles. The van der Waals surface area contributed by atoms with E-state index in [1.165, 1.54) is 4.88 Å². The number of aromatic nitrogens is 1. The third kappa shape index (κ3) is 3.17. The second kappa shape index (κ2) is 5.63. The quantitative estimate of drug-likeness (QED) is 0.889. The Bertz CT molecular complexity index is 619. The van der Waals surface area contributed by atoms with Gasteiger partial charge < -0.3 is 10.6 Å². The molecule has 104 valence electrons. The number of hydrogen-bond acceptors (Lipinski definition) is 4. The van der Waals surface area contributed by atoms with E-state index in [1.807, 2.05) is 37.4 Å². The van der Waals surface area contributed by atoms with Gasteiger partial charge in [-0.15, -0.1) is 11.3 Å². The van der Waals surface area contributed by atoms with Crippen molar-refractivity contribution >= 4 is 22.9 Å². The van der Waals surface area contributed by atoms with E-state index in [9.17, 15) is 4.79 Å². The number of nitrogens with one attached hydrogen (secondary N) is 2. The molecule has 1 fully saturated rings. The Balaban J connectivity index is 1.70. The van der Waals surface area contributed by atoms with Crippen LogP contribution in [0.4, 0.5) is 5.69 Å². The van der Waals surface area contributed by atoms with Crippen LogP contribution in [0.25, 0.3) is 0 Å². The Hall–Kier alpha value is -1.88. The van der Waals surface area contributed by atoms with E-state index >= 15 is 0 Å². The molecule has 1 amide bonds. The van der Waals surface area contributed by atoms with Crippen LogP contribution in [0.3, 0.4) is 0 Å². The zero-order chi connectivity index (χ0) is 13.9. The Morgan fingerprint density at radius 3 is 2.90 bits per heavy atom. The summed E-state index contributed by atoms with van der Waals surface area (Å²) in [5.41, 5.74) is 1.56. The number of thiazole rings is 1. The van der Waals surface area contributed by atoms with Crippen LogP contribution in [-0.2, 0) is 6.54 Å². The van der Waals surface area contributed by atoms with Gasteiger partial charge in [-0.05, 0) is 31.9 Å². The van der Waals surface area contributed by atoms with Crippen molar-refractivity contribution in [3.05, 3.63) is 45.9 Å². The Labute approximate surface area is 122 Å². The van der Waals surface area contributed by atoms with Crippen LogP contribution in [0, 0.1) is 6.92 Å². The van der Waals surface area contributed by atoms with Crippen LogP contribution >= 0.6 is 11.3 Å². The van der Waals surface area contributed by atoms with E-state index in [4.69, 9.17) is 0 Å². The van der Waals surface area contributed by atoms with E-state index in [1.54, 1.807) is 11.3 Å². The smallest absolute Gasteiger partial charge is 0.253 e. The minimum atomic E-state index is 0.00548. The van der Waals surface area contributed by atoms with Gasteiger partial charge in [0, 0.05) is 22.8 Å². The summed E-state index contributed by atoms with van der Waals surface area (Å²) in [6.07, 6.45) is 4.06. The van der Waals surface area contributed by atoms with Crippen LogP contribution in [0.15, 0.2) is 30.5 Å². The standard InChI is InChI=1S/C15H17N3OS/c1-10-8-17-14(20-10)9-16-13-5-3-2-4-12(13)15(19)18-11-6-7-11/h2-5,8,11,16H,6-7,9H2,1H3,(H,18,19). The molecular weight excluding hydrogens is 270 g/mol. The van der Waals surface area contributed by atoms with Gasteiger partial charge >= 0.3 is 0 Å². The van der Waals surface area contributed by atoms with Crippen molar-refractivity contribution in [3.8, 4) is 0 Å². The maximum absolute atomic E-state index is 12.2.